The van der Waals surface area contributed by atoms with Crippen LogP contribution >= 0.6 is 0 Å². The van der Waals surface area contributed by atoms with Crippen LogP contribution in [0.1, 0.15) is 27.7 Å². The molecule has 118 valence electrons. The largest absolute Gasteiger partial charge is 0.507 e. The number of aromatic nitrogens is 4. The lowest BCUT2D eigenvalue weighted by Gasteiger charge is -2.32. The van der Waals surface area contributed by atoms with Crippen LogP contribution in [0.5, 0.6) is 0 Å². The van der Waals surface area contributed by atoms with Gasteiger partial charge in [0.05, 0.1) is 16.8 Å². The van der Waals surface area contributed by atoms with E-state index in [9.17, 15) is 0 Å². The quantitative estimate of drug-likeness (QED) is 0.518. The maximum Gasteiger partial charge on any atom is 0.507 e. The Morgan fingerprint density at radius 3 is 2.14 bits per heavy atom. The zero-order valence-electron chi connectivity index (χ0n) is 13.1. The van der Waals surface area contributed by atoms with Crippen LogP contribution in [0.25, 0.3) is 0 Å². The maximum atomic E-state index is 8.40. The minimum Gasteiger partial charge on any atom is -0.422 e. The van der Waals surface area contributed by atoms with Gasteiger partial charge in [0.15, 0.2) is 0 Å². The molecule has 1 aliphatic rings. The molecule has 1 fully saturated rings. The van der Waals surface area contributed by atoms with E-state index >= 15 is 0 Å². The van der Waals surface area contributed by atoms with Gasteiger partial charge in [0.25, 0.3) is 0 Å². The van der Waals surface area contributed by atoms with Gasteiger partial charge in [-0.3, -0.25) is 10.2 Å². The predicted octanol–water partition coefficient (Wildman–Crippen LogP) is -1.20. The van der Waals surface area contributed by atoms with Gasteiger partial charge < -0.3 is 19.4 Å². The third-order valence-corrected chi connectivity index (χ3v) is 3.85. The summed E-state index contributed by atoms with van der Waals surface area (Å²) in [5, 5.41) is 29.3. The fraction of sp³-hybridized carbons (Fsp3) is 0.500. The highest BCUT2D eigenvalue weighted by Gasteiger charge is 2.51. The lowest BCUT2D eigenvalue weighted by atomic mass is 9.82. The first-order chi connectivity index (χ1) is 10.2. The Kier molecular flexibility index (Phi) is 4.76. The second kappa shape index (κ2) is 6.25. The molecule has 0 aliphatic carbocycles. The van der Waals surface area contributed by atoms with Crippen LogP contribution in [0, 0.1) is 0 Å². The van der Waals surface area contributed by atoms with Crippen molar-refractivity contribution in [3.05, 3.63) is 24.7 Å². The van der Waals surface area contributed by atoms with Gasteiger partial charge in [-0.2, -0.15) is 10.2 Å². The Morgan fingerprint density at radius 1 is 1.14 bits per heavy atom. The van der Waals surface area contributed by atoms with Crippen molar-refractivity contribution in [1.82, 2.24) is 20.4 Å². The van der Waals surface area contributed by atoms with E-state index in [0.717, 1.165) is 5.46 Å². The number of rotatable bonds is 2. The van der Waals surface area contributed by atoms with Crippen LogP contribution in [-0.4, -0.2) is 55.9 Å². The summed E-state index contributed by atoms with van der Waals surface area (Å²) in [6.45, 7) is 8.14. The number of nitrogens with zero attached hydrogens (tertiary/aromatic N) is 2. The normalized spacial score (nSPS) is 18.7. The van der Waals surface area contributed by atoms with E-state index in [1.807, 2.05) is 27.7 Å². The zero-order chi connectivity index (χ0) is 16.4. The van der Waals surface area contributed by atoms with Crippen LogP contribution in [-0.2, 0) is 9.31 Å². The highest BCUT2D eigenvalue weighted by atomic mass is 16.7. The van der Waals surface area contributed by atoms with Crippen molar-refractivity contribution >= 4 is 25.3 Å². The molecule has 8 nitrogen and oxygen atoms in total. The summed E-state index contributed by atoms with van der Waals surface area (Å²) >= 11 is 0. The molecule has 0 amide bonds. The van der Waals surface area contributed by atoms with E-state index in [4.69, 9.17) is 19.4 Å². The highest BCUT2D eigenvalue weighted by molar-refractivity contribution is 6.62. The van der Waals surface area contributed by atoms with Gasteiger partial charge in [-0.25, -0.2) is 0 Å². The third-order valence-electron chi connectivity index (χ3n) is 3.85. The average molecular weight is 306 g/mol. The minimum atomic E-state index is -1.43. The number of hydrogen-bond donors (Lipinski definition) is 4. The van der Waals surface area contributed by atoms with E-state index in [0.29, 0.717) is 5.59 Å². The molecule has 0 atom stereocenters. The van der Waals surface area contributed by atoms with Crippen molar-refractivity contribution < 1.29 is 19.4 Å². The second-order valence-electron chi connectivity index (χ2n) is 6.01. The van der Waals surface area contributed by atoms with Gasteiger partial charge in [-0.15, -0.1) is 0 Å². The summed E-state index contributed by atoms with van der Waals surface area (Å²) < 4.78 is 11.7. The first-order valence-corrected chi connectivity index (χ1v) is 6.93. The van der Waals surface area contributed by atoms with E-state index < -0.39 is 7.12 Å². The van der Waals surface area contributed by atoms with Crippen LogP contribution in [0.3, 0.4) is 0 Å². The second-order valence-corrected chi connectivity index (χ2v) is 6.01. The molecule has 3 heterocycles. The molecular weight excluding hydrogens is 286 g/mol. The van der Waals surface area contributed by atoms with Crippen molar-refractivity contribution in [3.63, 3.8) is 0 Å². The molecule has 0 spiro atoms. The number of nitrogens with one attached hydrogen (secondary N) is 2. The first-order valence-electron chi connectivity index (χ1n) is 6.93. The lowest BCUT2D eigenvalue weighted by molar-refractivity contribution is 0.00578. The summed E-state index contributed by atoms with van der Waals surface area (Å²) in [6.07, 6.45) is 4.97. The Hall–Kier alpha value is -1.61. The minimum absolute atomic E-state index is 0.283. The summed E-state index contributed by atoms with van der Waals surface area (Å²) in [7, 11) is -1.74. The van der Waals surface area contributed by atoms with Gasteiger partial charge >= 0.3 is 14.2 Å². The van der Waals surface area contributed by atoms with Crippen molar-refractivity contribution in [2.24, 2.45) is 0 Å². The van der Waals surface area contributed by atoms with Gasteiger partial charge in [0.1, 0.15) is 0 Å². The molecule has 3 rings (SSSR count). The summed E-state index contributed by atoms with van der Waals surface area (Å²) in [4.78, 5) is 0. The molecule has 0 saturated carbocycles. The summed E-state index contributed by atoms with van der Waals surface area (Å²) in [5.41, 5.74) is 0.679. The van der Waals surface area contributed by atoms with E-state index in [-0.39, 0.29) is 18.3 Å². The monoisotopic (exact) mass is 306 g/mol. The molecule has 1 saturated heterocycles. The zero-order valence-corrected chi connectivity index (χ0v) is 13.1. The van der Waals surface area contributed by atoms with Crippen LogP contribution in [0.4, 0.5) is 0 Å². The molecule has 0 bridgehead atoms. The SMILES string of the molecule is CC1(C)OB(c2cn[nH]c2)OC1(C)C.OB(O)c1ccn[nH]1. The Bertz CT molecular complexity index is 556. The summed E-state index contributed by atoms with van der Waals surface area (Å²) in [5.74, 6) is 0. The third kappa shape index (κ3) is 3.58. The van der Waals surface area contributed by atoms with Gasteiger partial charge in [0, 0.05) is 24.1 Å². The molecule has 0 aromatic carbocycles. The van der Waals surface area contributed by atoms with Crippen molar-refractivity contribution in [3.8, 4) is 0 Å². The molecule has 4 N–H and O–H groups in total. The van der Waals surface area contributed by atoms with Gasteiger partial charge in [-0.05, 0) is 33.8 Å². The molecule has 0 radical (unpaired) electrons. The van der Waals surface area contributed by atoms with Crippen LogP contribution in [0.15, 0.2) is 24.7 Å². The maximum absolute atomic E-state index is 8.40. The fourth-order valence-electron chi connectivity index (χ4n) is 1.78. The van der Waals surface area contributed by atoms with Gasteiger partial charge in [-0.1, -0.05) is 0 Å². The van der Waals surface area contributed by atoms with Crippen LogP contribution in [0.2, 0.25) is 0 Å². The van der Waals surface area contributed by atoms with E-state index in [1.54, 1.807) is 12.4 Å². The molecule has 2 aromatic rings. The number of H-pyrrole nitrogens is 2. The predicted molar refractivity (Wildman–Crippen MR) is 82.7 cm³/mol. The molecule has 0 unspecified atom stereocenters. The number of hydrogen-bond acceptors (Lipinski definition) is 6. The van der Waals surface area contributed by atoms with Crippen molar-refractivity contribution in [2.45, 2.75) is 38.9 Å². The van der Waals surface area contributed by atoms with Gasteiger partial charge in [0.2, 0.25) is 0 Å². The molecule has 2 aromatic heterocycles. The summed E-state index contributed by atoms with van der Waals surface area (Å²) in [6, 6.07) is 1.49. The van der Waals surface area contributed by atoms with Crippen molar-refractivity contribution in [1.29, 1.82) is 0 Å². The topological polar surface area (TPSA) is 116 Å². The number of aromatic amines is 2. The molecule has 1 aliphatic heterocycles. The van der Waals surface area contributed by atoms with E-state index in [2.05, 4.69) is 20.4 Å². The van der Waals surface area contributed by atoms with E-state index in [1.165, 1.54) is 12.3 Å². The molecular formula is C12H20B2N4O4. The van der Waals surface area contributed by atoms with Crippen LogP contribution < -0.4 is 11.1 Å². The molecule has 22 heavy (non-hydrogen) atoms. The molecule has 10 heteroatoms. The Balaban J connectivity index is 0.000000188. The average Bonchev–Trinajstić information content (AvgIpc) is 3.13. The smallest absolute Gasteiger partial charge is 0.422 e. The highest BCUT2D eigenvalue weighted by Crippen LogP contribution is 2.36. The first kappa shape index (κ1) is 16.8. The van der Waals surface area contributed by atoms with Crippen molar-refractivity contribution in [2.75, 3.05) is 0 Å². The lowest BCUT2D eigenvalue weighted by Crippen LogP contribution is -2.41. The fourth-order valence-corrected chi connectivity index (χ4v) is 1.78. The Labute approximate surface area is 129 Å². The standard InChI is InChI=1S/C9H15BN2O2.C3H5BN2O2/c1-8(2)9(3,4)14-10(13-8)7-5-11-12-6-7;7-4(8)3-1-2-5-6-3/h5-6H,1-4H3,(H,11,12);1-2,7-8H,(H,5,6). The Morgan fingerprint density at radius 2 is 1.77 bits per heavy atom.